The molecule has 0 bridgehead atoms. The van der Waals surface area contributed by atoms with E-state index in [4.69, 9.17) is 11.6 Å². The van der Waals surface area contributed by atoms with Crippen LogP contribution >= 0.6 is 0 Å². The van der Waals surface area contributed by atoms with Crippen LogP contribution in [0.15, 0.2) is 55.3 Å². The maximum absolute atomic E-state index is 12.6. The number of imidazole rings is 1. The Hall–Kier alpha value is -4.47. The first-order valence-electron chi connectivity index (χ1n) is 11.2. The second-order valence-corrected chi connectivity index (χ2v) is 8.40. The molecule has 10 heteroatoms. The van der Waals surface area contributed by atoms with Crippen LogP contribution in [0.25, 0.3) is 11.3 Å². The summed E-state index contributed by atoms with van der Waals surface area (Å²) in [6.07, 6.45) is 5.28. The smallest absolute Gasteiger partial charge is 0.269 e. The van der Waals surface area contributed by atoms with Crippen molar-refractivity contribution in [1.29, 1.82) is 0 Å². The lowest BCUT2D eigenvalue weighted by molar-refractivity contribution is -0.129. The second kappa shape index (κ2) is 9.80. The third-order valence-electron chi connectivity index (χ3n) is 6.01. The van der Waals surface area contributed by atoms with Crippen LogP contribution in [0.4, 0.5) is 5.82 Å². The van der Waals surface area contributed by atoms with Gasteiger partial charge in [-0.25, -0.2) is 14.6 Å². The molecule has 180 valence electrons. The Morgan fingerprint density at radius 2 is 1.91 bits per heavy atom. The summed E-state index contributed by atoms with van der Waals surface area (Å²) in [5, 5.41) is 2.76. The van der Waals surface area contributed by atoms with Crippen molar-refractivity contribution < 1.29 is 14.4 Å². The van der Waals surface area contributed by atoms with E-state index in [1.54, 1.807) is 41.4 Å². The number of primary amides is 1. The van der Waals surface area contributed by atoms with Gasteiger partial charge in [-0.3, -0.25) is 14.4 Å². The number of likely N-dealkylation sites (tertiary alicyclic amines) is 1. The molecule has 2 aromatic heterocycles. The molecule has 35 heavy (non-hydrogen) atoms. The molecule has 3 amide bonds. The van der Waals surface area contributed by atoms with E-state index in [0.717, 1.165) is 18.4 Å². The minimum Gasteiger partial charge on any atom is -0.364 e. The maximum Gasteiger partial charge on any atom is 0.269 e. The summed E-state index contributed by atoms with van der Waals surface area (Å²) in [4.78, 5) is 47.8. The molecule has 3 heterocycles. The molecule has 0 radical (unpaired) electrons. The number of benzene rings is 1. The molecule has 1 fully saturated rings. The van der Waals surface area contributed by atoms with Crippen molar-refractivity contribution in [2.75, 3.05) is 17.7 Å². The molecular formula is C25H27N7O3. The lowest BCUT2D eigenvalue weighted by atomic mass is 10.0. The number of nitrogen functional groups attached to an aromatic ring is 1. The van der Waals surface area contributed by atoms with E-state index < -0.39 is 11.9 Å². The van der Waals surface area contributed by atoms with Crippen molar-refractivity contribution in [3.63, 3.8) is 0 Å². The molecule has 1 aliphatic heterocycles. The van der Waals surface area contributed by atoms with Gasteiger partial charge in [-0.05, 0) is 62.1 Å². The zero-order valence-corrected chi connectivity index (χ0v) is 19.4. The number of aromatic nitrogens is 3. The first-order chi connectivity index (χ1) is 16.8. The zero-order valence-electron chi connectivity index (χ0n) is 19.4. The predicted octanol–water partition coefficient (Wildman–Crippen LogP) is 2.56. The minimum atomic E-state index is -0.744. The van der Waals surface area contributed by atoms with E-state index in [1.165, 1.54) is 10.8 Å². The minimum absolute atomic E-state index is 0.0257. The number of nitrogens with zero attached hydrogens (tertiary/aromatic N) is 4. The Labute approximate surface area is 202 Å². The molecule has 4 rings (SSSR count). The number of anilines is 1. The fourth-order valence-corrected chi connectivity index (χ4v) is 4.28. The topological polar surface area (TPSA) is 149 Å². The Balaban J connectivity index is 1.65. The monoisotopic (exact) mass is 473 g/mol. The number of piperidine rings is 1. The average Bonchev–Trinajstić information content (AvgIpc) is 3.20. The fourth-order valence-electron chi connectivity index (χ4n) is 4.28. The molecule has 1 atom stereocenters. The number of aryl methyl sites for hydroxylation is 1. The number of rotatable bonds is 6. The highest BCUT2D eigenvalue weighted by Gasteiger charge is 2.33. The van der Waals surface area contributed by atoms with Crippen molar-refractivity contribution in [2.45, 2.75) is 32.2 Å². The molecule has 5 N–H and O–H groups in total. The van der Waals surface area contributed by atoms with Crippen molar-refractivity contribution in [3.8, 4) is 11.3 Å². The van der Waals surface area contributed by atoms with Crippen LogP contribution in [0.2, 0.25) is 0 Å². The Morgan fingerprint density at radius 1 is 1.17 bits per heavy atom. The standard InChI is InChI=1S/C25H27N7O3/c1-3-20(33)31-13-5-4-6-18(31)24-30-21(22(23(26)34)32(24)27)16-7-9-17(10-8-16)25(35)29-19-14-15(2)11-12-28-19/h3,7-12,14,18H,1,4-6,13,27H2,2H3,(H2,26,34)(H,28,29,35)/t18-/m0/s1. The van der Waals surface area contributed by atoms with Gasteiger partial charge in [-0.15, -0.1) is 0 Å². The van der Waals surface area contributed by atoms with Gasteiger partial charge in [0.1, 0.15) is 11.5 Å². The molecular weight excluding hydrogens is 446 g/mol. The normalized spacial score (nSPS) is 15.5. The number of carbonyl (C=O) groups is 3. The first-order valence-corrected chi connectivity index (χ1v) is 11.2. The fraction of sp³-hybridized carbons (Fsp3) is 0.240. The summed E-state index contributed by atoms with van der Waals surface area (Å²) in [7, 11) is 0. The van der Waals surface area contributed by atoms with Gasteiger partial charge in [0, 0.05) is 23.9 Å². The van der Waals surface area contributed by atoms with E-state index in [1.807, 2.05) is 13.0 Å². The van der Waals surface area contributed by atoms with Crippen LogP contribution in [0, 0.1) is 6.92 Å². The Bertz CT molecular complexity index is 1300. The molecule has 10 nitrogen and oxygen atoms in total. The van der Waals surface area contributed by atoms with Crippen LogP contribution in [-0.2, 0) is 4.79 Å². The zero-order chi connectivity index (χ0) is 25.1. The SMILES string of the molecule is C=CC(=O)N1CCCC[C@H]1c1nc(-c2ccc(C(=O)Nc3cc(C)ccn3)cc2)c(C(N)=O)n1N. The van der Waals surface area contributed by atoms with E-state index in [-0.39, 0.29) is 17.5 Å². The molecule has 1 aliphatic rings. The van der Waals surface area contributed by atoms with Crippen LogP contribution in [0.1, 0.15) is 57.5 Å². The van der Waals surface area contributed by atoms with Crippen molar-refractivity contribution in [1.82, 2.24) is 19.5 Å². The number of carbonyl (C=O) groups excluding carboxylic acids is 3. The molecule has 0 spiro atoms. The van der Waals surface area contributed by atoms with E-state index in [2.05, 4.69) is 21.9 Å². The van der Waals surface area contributed by atoms with Gasteiger partial charge >= 0.3 is 0 Å². The largest absolute Gasteiger partial charge is 0.364 e. The van der Waals surface area contributed by atoms with Crippen LogP contribution in [0.3, 0.4) is 0 Å². The maximum atomic E-state index is 12.6. The van der Waals surface area contributed by atoms with Gasteiger partial charge in [0.05, 0.1) is 6.04 Å². The summed E-state index contributed by atoms with van der Waals surface area (Å²) in [6, 6.07) is 9.79. The highest BCUT2D eigenvalue weighted by molar-refractivity contribution is 6.04. The van der Waals surface area contributed by atoms with Gasteiger partial charge in [-0.1, -0.05) is 18.7 Å². The lowest BCUT2D eigenvalue weighted by Crippen LogP contribution is -2.39. The number of nitrogens with one attached hydrogen (secondary N) is 1. The summed E-state index contributed by atoms with van der Waals surface area (Å²) in [5.41, 5.74) is 7.90. The van der Waals surface area contributed by atoms with Crippen LogP contribution in [-0.4, -0.2) is 43.8 Å². The van der Waals surface area contributed by atoms with Crippen LogP contribution in [0.5, 0.6) is 0 Å². The summed E-state index contributed by atoms with van der Waals surface area (Å²) in [6.45, 7) is 6.03. The Kier molecular flexibility index (Phi) is 6.63. The van der Waals surface area contributed by atoms with Crippen molar-refractivity contribution in [3.05, 3.63) is 77.9 Å². The predicted molar refractivity (Wildman–Crippen MR) is 132 cm³/mol. The van der Waals surface area contributed by atoms with Crippen LogP contribution < -0.4 is 16.9 Å². The molecule has 0 unspecified atom stereocenters. The number of nitrogens with two attached hydrogens (primary N) is 2. The molecule has 1 aromatic carbocycles. The van der Waals surface area contributed by atoms with E-state index in [9.17, 15) is 14.4 Å². The van der Waals surface area contributed by atoms with Gasteiger partial charge in [0.2, 0.25) is 5.91 Å². The van der Waals surface area contributed by atoms with Crippen molar-refractivity contribution in [2.24, 2.45) is 5.73 Å². The third-order valence-corrected chi connectivity index (χ3v) is 6.01. The molecule has 0 aliphatic carbocycles. The first kappa shape index (κ1) is 23.7. The van der Waals surface area contributed by atoms with Crippen molar-refractivity contribution >= 4 is 23.5 Å². The third kappa shape index (κ3) is 4.77. The van der Waals surface area contributed by atoms with Gasteiger partial charge < -0.3 is 21.8 Å². The second-order valence-electron chi connectivity index (χ2n) is 8.40. The van der Waals surface area contributed by atoms with Gasteiger partial charge in [0.15, 0.2) is 11.5 Å². The summed E-state index contributed by atoms with van der Waals surface area (Å²) < 4.78 is 1.17. The number of pyridine rings is 1. The average molecular weight is 474 g/mol. The number of hydrogen-bond donors (Lipinski definition) is 3. The molecule has 0 saturated carbocycles. The number of amides is 3. The summed E-state index contributed by atoms with van der Waals surface area (Å²) in [5.74, 6) is 5.80. The lowest BCUT2D eigenvalue weighted by Gasteiger charge is -2.34. The summed E-state index contributed by atoms with van der Waals surface area (Å²) >= 11 is 0. The van der Waals surface area contributed by atoms with Gasteiger partial charge in [-0.2, -0.15) is 0 Å². The quantitative estimate of drug-likeness (QED) is 0.370. The highest BCUT2D eigenvalue weighted by Crippen LogP contribution is 2.33. The Morgan fingerprint density at radius 3 is 2.57 bits per heavy atom. The highest BCUT2D eigenvalue weighted by atomic mass is 16.2. The van der Waals surface area contributed by atoms with E-state index in [0.29, 0.717) is 41.4 Å². The van der Waals surface area contributed by atoms with E-state index >= 15 is 0 Å². The molecule has 3 aromatic rings. The molecule has 1 saturated heterocycles. The van der Waals surface area contributed by atoms with Gasteiger partial charge in [0.25, 0.3) is 11.8 Å². The number of hydrogen-bond acceptors (Lipinski definition) is 6.